The van der Waals surface area contributed by atoms with Gasteiger partial charge in [0, 0.05) is 13.2 Å². The van der Waals surface area contributed by atoms with Crippen molar-refractivity contribution in [3.05, 3.63) is 0 Å². The zero-order valence-electron chi connectivity index (χ0n) is 6.80. The lowest BCUT2D eigenvalue weighted by Crippen LogP contribution is -2.38. The lowest BCUT2D eigenvalue weighted by Gasteiger charge is -2.21. The van der Waals surface area contributed by atoms with Gasteiger partial charge in [-0.2, -0.15) is 0 Å². The van der Waals surface area contributed by atoms with Gasteiger partial charge in [-0.05, 0) is 12.8 Å². The molecule has 0 aliphatic rings. The maximum atomic E-state index is 9.13. The Balaban J connectivity index is 3.73. The van der Waals surface area contributed by atoms with Crippen LogP contribution in [0, 0.1) is 0 Å². The molecule has 5 N–H and O–H groups in total. The maximum absolute atomic E-state index is 9.13. The van der Waals surface area contributed by atoms with Crippen LogP contribution in [0.2, 0.25) is 0 Å². The SMILES string of the molecule is OCC[C@@H](O)C(O)[C@@H](O)CCO. The van der Waals surface area contributed by atoms with Gasteiger partial charge in [0.05, 0.1) is 12.2 Å². The zero-order chi connectivity index (χ0) is 9.56. The molecule has 0 amide bonds. The molecule has 5 nitrogen and oxygen atoms in total. The second-order valence-corrected chi connectivity index (χ2v) is 2.65. The Morgan fingerprint density at radius 3 is 1.33 bits per heavy atom. The van der Waals surface area contributed by atoms with Gasteiger partial charge in [0.1, 0.15) is 6.10 Å². The molecule has 0 saturated carbocycles. The van der Waals surface area contributed by atoms with E-state index in [1.165, 1.54) is 0 Å². The lowest BCUT2D eigenvalue weighted by molar-refractivity contribution is -0.0714. The van der Waals surface area contributed by atoms with Crippen molar-refractivity contribution in [2.45, 2.75) is 31.2 Å². The molecule has 74 valence electrons. The minimum atomic E-state index is -1.30. The number of hydrogen-bond donors (Lipinski definition) is 5. The molecule has 0 aromatic carbocycles. The Morgan fingerprint density at radius 2 is 1.08 bits per heavy atom. The van der Waals surface area contributed by atoms with Crippen LogP contribution in [0.15, 0.2) is 0 Å². The van der Waals surface area contributed by atoms with Crippen molar-refractivity contribution < 1.29 is 25.5 Å². The van der Waals surface area contributed by atoms with Crippen LogP contribution in [-0.4, -0.2) is 57.1 Å². The smallest absolute Gasteiger partial charge is 0.106 e. The molecule has 0 fully saturated rings. The van der Waals surface area contributed by atoms with Gasteiger partial charge in [-0.15, -0.1) is 0 Å². The summed E-state index contributed by atoms with van der Waals surface area (Å²) in [6, 6.07) is 0. The first-order valence-corrected chi connectivity index (χ1v) is 3.89. The minimum absolute atomic E-state index is 0.0175. The molecule has 12 heavy (non-hydrogen) atoms. The summed E-state index contributed by atoms with van der Waals surface area (Å²) in [6.07, 6.45) is -3.55. The number of hydrogen-bond acceptors (Lipinski definition) is 5. The van der Waals surface area contributed by atoms with Crippen molar-refractivity contribution in [3.8, 4) is 0 Å². The molecule has 5 heteroatoms. The van der Waals surface area contributed by atoms with Gasteiger partial charge in [0.15, 0.2) is 0 Å². The maximum Gasteiger partial charge on any atom is 0.106 e. The van der Waals surface area contributed by atoms with Crippen molar-refractivity contribution in [1.29, 1.82) is 0 Å². The van der Waals surface area contributed by atoms with E-state index < -0.39 is 18.3 Å². The van der Waals surface area contributed by atoms with Gasteiger partial charge >= 0.3 is 0 Å². The molecular weight excluding hydrogens is 164 g/mol. The molecule has 0 aromatic heterocycles. The van der Waals surface area contributed by atoms with E-state index in [0.717, 1.165) is 0 Å². The standard InChI is InChI=1S/C7H16O5/c8-3-1-5(10)7(12)6(11)2-4-9/h5-12H,1-4H2/t5-,6+,7?. The van der Waals surface area contributed by atoms with Crippen LogP contribution in [0.5, 0.6) is 0 Å². The molecule has 3 atom stereocenters. The predicted octanol–water partition coefficient (Wildman–Crippen LogP) is -2.17. The van der Waals surface area contributed by atoms with E-state index in [0.29, 0.717) is 0 Å². The fourth-order valence-electron chi connectivity index (χ4n) is 0.862. The first-order chi connectivity index (χ1) is 5.63. The highest BCUT2D eigenvalue weighted by molar-refractivity contribution is 4.74. The Kier molecular flexibility index (Phi) is 6.23. The van der Waals surface area contributed by atoms with Crippen LogP contribution in [0.4, 0.5) is 0 Å². The number of rotatable bonds is 6. The summed E-state index contributed by atoms with van der Waals surface area (Å²) < 4.78 is 0. The van der Waals surface area contributed by atoms with Crippen LogP contribution >= 0.6 is 0 Å². The molecule has 0 aromatic rings. The summed E-state index contributed by atoms with van der Waals surface area (Å²) in [4.78, 5) is 0. The van der Waals surface area contributed by atoms with Gasteiger partial charge in [-0.25, -0.2) is 0 Å². The second kappa shape index (κ2) is 6.33. The summed E-state index contributed by atoms with van der Waals surface area (Å²) in [7, 11) is 0. The Hall–Kier alpha value is -0.200. The first kappa shape index (κ1) is 11.8. The molecular formula is C7H16O5. The van der Waals surface area contributed by atoms with Gasteiger partial charge in [0.2, 0.25) is 0 Å². The fourth-order valence-corrected chi connectivity index (χ4v) is 0.862. The third kappa shape index (κ3) is 3.99. The van der Waals surface area contributed by atoms with Crippen molar-refractivity contribution in [2.75, 3.05) is 13.2 Å². The van der Waals surface area contributed by atoms with Crippen LogP contribution < -0.4 is 0 Å². The quantitative estimate of drug-likeness (QED) is 0.320. The van der Waals surface area contributed by atoms with Crippen LogP contribution in [0.3, 0.4) is 0 Å². The molecule has 0 rings (SSSR count). The van der Waals surface area contributed by atoms with Crippen LogP contribution in [-0.2, 0) is 0 Å². The topological polar surface area (TPSA) is 101 Å². The molecule has 0 heterocycles. The van der Waals surface area contributed by atoms with E-state index in [9.17, 15) is 0 Å². The van der Waals surface area contributed by atoms with Crippen LogP contribution in [0.25, 0.3) is 0 Å². The van der Waals surface area contributed by atoms with E-state index >= 15 is 0 Å². The number of aliphatic hydroxyl groups excluding tert-OH is 5. The molecule has 0 radical (unpaired) electrons. The monoisotopic (exact) mass is 180 g/mol. The predicted molar refractivity (Wildman–Crippen MR) is 41.4 cm³/mol. The van der Waals surface area contributed by atoms with E-state index in [-0.39, 0.29) is 26.1 Å². The van der Waals surface area contributed by atoms with Gasteiger partial charge in [0.25, 0.3) is 0 Å². The summed E-state index contributed by atoms with van der Waals surface area (Å²) >= 11 is 0. The molecule has 0 aliphatic carbocycles. The van der Waals surface area contributed by atoms with Gasteiger partial charge in [-0.1, -0.05) is 0 Å². The molecule has 1 unspecified atom stereocenters. The van der Waals surface area contributed by atoms with E-state index in [1.54, 1.807) is 0 Å². The highest BCUT2D eigenvalue weighted by Gasteiger charge is 2.23. The summed E-state index contributed by atoms with van der Waals surface area (Å²) in [5, 5.41) is 44.0. The largest absolute Gasteiger partial charge is 0.396 e. The van der Waals surface area contributed by atoms with Crippen molar-refractivity contribution in [3.63, 3.8) is 0 Å². The van der Waals surface area contributed by atoms with Crippen LogP contribution in [0.1, 0.15) is 12.8 Å². The Labute approximate surface area is 70.9 Å². The third-order valence-electron chi connectivity index (χ3n) is 1.64. The van der Waals surface area contributed by atoms with E-state index in [4.69, 9.17) is 25.5 Å². The second-order valence-electron chi connectivity index (χ2n) is 2.65. The summed E-state index contributed by atoms with van der Waals surface area (Å²) in [6.45, 7) is -0.492. The Morgan fingerprint density at radius 1 is 0.750 bits per heavy atom. The number of aliphatic hydroxyl groups is 5. The average Bonchev–Trinajstić information content (AvgIpc) is 2.04. The molecule has 0 aliphatic heterocycles. The normalized spacial score (nSPS) is 18.8. The average molecular weight is 180 g/mol. The van der Waals surface area contributed by atoms with E-state index in [1.807, 2.05) is 0 Å². The Bertz CT molecular complexity index is 96.0. The van der Waals surface area contributed by atoms with Crippen molar-refractivity contribution in [1.82, 2.24) is 0 Å². The van der Waals surface area contributed by atoms with Crippen molar-refractivity contribution in [2.24, 2.45) is 0 Å². The summed E-state index contributed by atoms with van der Waals surface area (Å²) in [5.74, 6) is 0. The fraction of sp³-hybridized carbons (Fsp3) is 1.00. The lowest BCUT2D eigenvalue weighted by atomic mass is 10.0. The molecule has 0 saturated heterocycles. The summed E-state index contributed by atoms with van der Waals surface area (Å²) in [5.41, 5.74) is 0. The minimum Gasteiger partial charge on any atom is -0.396 e. The highest BCUT2D eigenvalue weighted by Crippen LogP contribution is 2.06. The third-order valence-corrected chi connectivity index (χ3v) is 1.64. The zero-order valence-corrected chi connectivity index (χ0v) is 6.80. The van der Waals surface area contributed by atoms with Gasteiger partial charge in [-0.3, -0.25) is 0 Å². The van der Waals surface area contributed by atoms with Gasteiger partial charge < -0.3 is 25.5 Å². The molecule has 0 bridgehead atoms. The van der Waals surface area contributed by atoms with E-state index in [2.05, 4.69) is 0 Å². The first-order valence-electron chi connectivity index (χ1n) is 3.89. The van der Waals surface area contributed by atoms with Crippen molar-refractivity contribution >= 4 is 0 Å². The highest BCUT2D eigenvalue weighted by atomic mass is 16.4. The molecule has 0 spiro atoms.